The maximum atomic E-state index is 13.2. The molecule has 2 aromatic heterocycles. The molecule has 4 rings (SSSR count). The van der Waals surface area contributed by atoms with Gasteiger partial charge in [-0.25, -0.2) is 4.79 Å². The number of halogens is 3. The molecule has 0 saturated carbocycles. The maximum Gasteiger partial charge on any atom is 0.446 e. The van der Waals surface area contributed by atoms with Crippen LogP contribution in [0.2, 0.25) is 0 Å². The van der Waals surface area contributed by atoms with Gasteiger partial charge in [0.15, 0.2) is 0 Å². The molecule has 0 aliphatic carbocycles. The number of rotatable bonds is 12. The number of nitrogens with zero attached hydrogens (tertiary/aromatic N) is 2. The Morgan fingerprint density at radius 3 is 2.49 bits per heavy atom. The van der Waals surface area contributed by atoms with Crippen molar-refractivity contribution in [1.29, 1.82) is 0 Å². The van der Waals surface area contributed by atoms with Crippen molar-refractivity contribution in [1.82, 2.24) is 19.9 Å². The maximum absolute atomic E-state index is 13.2. The Hall–Kier alpha value is -3.12. The molecule has 41 heavy (non-hydrogen) atoms. The molecule has 1 atom stereocenters. The molecule has 4 aromatic rings. The van der Waals surface area contributed by atoms with Crippen LogP contribution in [-0.2, 0) is 13.0 Å². The number of benzene rings is 2. The van der Waals surface area contributed by atoms with Crippen LogP contribution in [0, 0.1) is 0 Å². The number of hydrogen-bond acceptors (Lipinski definition) is 6. The highest BCUT2D eigenvalue weighted by Crippen LogP contribution is 2.39. The van der Waals surface area contributed by atoms with Crippen molar-refractivity contribution in [2.75, 3.05) is 6.54 Å². The topological polar surface area (TPSA) is 115 Å². The summed E-state index contributed by atoms with van der Waals surface area (Å²) in [5, 5.41) is 4.04. The van der Waals surface area contributed by atoms with Gasteiger partial charge < -0.3 is 21.8 Å². The van der Waals surface area contributed by atoms with Crippen LogP contribution in [0.3, 0.4) is 0 Å². The zero-order valence-corrected chi connectivity index (χ0v) is 24.3. The van der Waals surface area contributed by atoms with Crippen molar-refractivity contribution in [3.05, 3.63) is 76.3 Å². The first-order valence-corrected chi connectivity index (χ1v) is 14.4. The highest BCUT2D eigenvalue weighted by molar-refractivity contribution is 8.00. The monoisotopic (exact) mass is 586 g/mol. The smallest absolute Gasteiger partial charge is 0.339 e. The van der Waals surface area contributed by atoms with E-state index in [1.165, 1.54) is 10.6 Å². The fraction of sp³-hybridized carbons (Fsp3) is 0.400. The van der Waals surface area contributed by atoms with Gasteiger partial charge in [0.1, 0.15) is 5.65 Å². The molecular weight excluding hydrogens is 549 g/mol. The predicted octanol–water partition coefficient (Wildman–Crippen LogP) is 5.88. The number of aromatic amines is 1. The van der Waals surface area contributed by atoms with Gasteiger partial charge in [0.2, 0.25) is 0 Å². The van der Waals surface area contributed by atoms with Crippen molar-refractivity contribution in [2.45, 2.75) is 75.0 Å². The van der Waals surface area contributed by atoms with Gasteiger partial charge in [0.05, 0.1) is 5.69 Å². The predicted molar refractivity (Wildman–Crippen MR) is 160 cm³/mol. The normalized spacial score (nSPS) is 13.2. The lowest BCUT2D eigenvalue weighted by molar-refractivity contribution is -0.0328. The minimum atomic E-state index is -4.40. The van der Waals surface area contributed by atoms with Crippen LogP contribution in [0.5, 0.6) is 0 Å². The van der Waals surface area contributed by atoms with Gasteiger partial charge in [0.25, 0.3) is 0 Å². The van der Waals surface area contributed by atoms with E-state index in [1.54, 1.807) is 18.3 Å². The van der Waals surface area contributed by atoms with E-state index in [2.05, 4.69) is 15.3 Å². The van der Waals surface area contributed by atoms with Crippen molar-refractivity contribution in [3.8, 4) is 16.9 Å². The molecular formula is C30H37F3N6OS. The fourth-order valence-corrected chi connectivity index (χ4v) is 5.20. The molecule has 0 fully saturated rings. The fourth-order valence-electron chi connectivity index (χ4n) is 4.53. The summed E-state index contributed by atoms with van der Waals surface area (Å²) in [6.07, 6.45) is 4.70. The summed E-state index contributed by atoms with van der Waals surface area (Å²) < 4.78 is 41.1. The Morgan fingerprint density at radius 2 is 1.83 bits per heavy atom. The molecule has 11 heteroatoms. The Kier molecular flexibility index (Phi) is 9.63. The van der Waals surface area contributed by atoms with Gasteiger partial charge in [0, 0.05) is 40.3 Å². The highest BCUT2D eigenvalue weighted by Gasteiger charge is 2.29. The molecule has 2 heterocycles. The largest absolute Gasteiger partial charge is 0.446 e. The first kappa shape index (κ1) is 30.8. The molecule has 7 nitrogen and oxygen atoms in total. The number of thioether (sulfide) groups is 1. The second-order valence-corrected chi connectivity index (χ2v) is 12.4. The Labute approximate surface area is 241 Å². The van der Waals surface area contributed by atoms with E-state index in [0.29, 0.717) is 40.9 Å². The minimum absolute atomic E-state index is 0.0248. The van der Waals surface area contributed by atoms with E-state index in [4.69, 9.17) is 11.5 Å². The van der Waals surface area contributed by atoms with Crippen molar-refractivity contribution in [2.24, 2.45) is 11.5 Å². The number of aryl methyl sites for hydroxylation is 1. The van der Waals surface area contributed by atoms with Gasteiger partial charge in [-0.3, -0.25) is 4.57 Å². The summed E-state index contributed by atoms with van der Waals surface area (Å²) in [5.74, 6) is 0. The summed E-state index contributed by atoms with van der Waals surface area (Å²) in [6.45, 7) is 7.38. The lowest BCUT2D eigenvalue weighted by atomic mass is 10.0. The van der Waals surface area contributed by atoms with Crippen LogP contribution in [0.25, 0.3) is 28.0 Å². The number of aromatic nitrogens is 3. The molecule has 0 aliphatic heterocycles. The van der Waals surface area contributed by atoms with E-state index in [1.807, 2.05) is 51.1 Å². The van der Waals surface area contributed by atoms with Gasteiger partial charge in [-0.1, -0.05) is 12.1 Å². The number of nitrogens with one attached hydrogen (secondary N) is 2. The second-order valence-electron chi connectivity index (χ2n) is 11.2. The molecule has 0 saturated heterocycles. The molecule has 0 unspecified atom stereocenters. The Bertz CT molecular complexity index is 1520. The van der Waals surface area contributed by atoms with Crippen molar-refractivity contribution in [3.63, 3.8) is 0 Å². The molecule has 0 aliphatic rings. The molecule has 6 N–H and O–H groups in total. The minimum Gasteiger partial charge on any atom is -0.339 e. The quantitative estimate of drug-likeness (QED) is 0.122. The van der Waals surface area contributed by atoms with Crippen molar-refractivity contribution < 1.29 is 13.2 Å². The van der Waals surface area contributed by atoms with Crippen LogP contribution in [0.4, 0.5) is 13.2 Å². The van der Waals surface area contributed by atoms with Crippen LogP contribution in [-0.4, -0.2) is 38.2 Å². The Balaban J connectivity index is 1.58. The van der Waals surface area contributed by atoms with E-state index in [0.717, 1.165) is 36.9 Å². The Morgan fingerprint density at radius 1 is 1.10 bits per heavy atom. The summed E-state index contributed by atoms with van der Waals surface area (Å²) in [4.78, 5) is 20.3. The standard InChI is InChI=1S/C30H37F3N6OS/c1-19(34)5-4-6-21-13-22(15-25(14-21)41-30(31,32)33)26-16-23-18-39(28(40)38-27(23)37-26)24-9-7-20(8-10-24)17-36-12-11-29(2,3)35/h7-10,13-16,18-19,36H,4-6,11-12,17,34-35H2,1-3H3,(H,37,38,40)/t19-/m0/s1. The number of nitrogens with two attached hydrogens (primary N) is 2. The summed E-state index contributed by atoms with van der Waals surface area (Å²) in [6, 6.07) is 14.4. The third kappa shape index (κ3) is 9.19. The number of H-pyrrole nitrogens is 1. The summed E-state index contributed by atoms with van der Waals surface area (Å²) >= 11 is -0.138. The summed E-state index contributed by atoms with van der Waals surface area (Å²) in [7, 11) is 0. The van der Waals surface area contributed by atoms with Crippen LogP contribution < -0.4 is 22.5 Å². The lowest BCUT2D eigenvalue weighted by Gasteiger charge is -2.18. The van der Waals surface area contributed by atoms with Gasteiger partial charge >= 0.3 is 11.2 Å². The van der Waals surface area contributed by atoms with E-state index in [-0.39, 0.29) is 28.2 Å². The van der Waals surface area contributed by atoms with Gasteiger partial charge in [-0.05, 0) is 118 Å². The SMILES string of the molecule is C[C@H](N)CCCc1cc(SC(F)(F)F)cc(-c2cc3cn(-c4ccc(CNCCC(C)(C)N)cc4)c(=O)nc3[nH]2)c1. The zero-order valence-electron chi connectivity index (χ0n) is 23.5. The number of hydrogen-bond donors (Lipinski definition) is 4. The number of alkyl halides is 3. The van der Waals surface area contributed by atoms with Gasteiger partial charge in [-0.2, -0.15) is 18.2 Å². The second kappa shape index (κ2) is 12.8. The third-order valence-electron chi connectivity index (χ3n) is 6.63. The van der Waals surface area contributed by atoms with E-state index < -0.39 is 11.2 Å². The van der Waals surface area contributed by atoms with E-state index >= 15 is 0 Å². The van der Waals surface area contributed by atoms with Crippen LogP contribution >= 0.6 is 11.8 Å². The average Bonchev–Trinajstić information content (AvgIpc) is 3.27. The first-order chi connectivity index (χ1) is 19.3. The first-order valence-electron chi connectivity index (χ1n) is 13.6. The zero-order chi connectivity index (χ0) is 29.8. The van der Waals surface area contributed by atoms with Gasteiger partial charge in [-0.15, -0.1) is 0 Å². The molecule has 2 aromatic carbocycles. The number of fused-ring (bicyclic) bond motifs is 1. The lowest BCUT2D eigenvalue weighted by Crippen LogP contribution is -2.35. The summed E-state index contributed by atoms with van der Waals surface area (Å²) in [5.41, 5.74) is 10.9. The highest BCUT2D eigenvalue weighted by atomic mass is 32.2. The average molecular weight is 587 g/mol. The third-order valence-corrected chi connectivity index (χ3v) is 7.34. The molecule has 0 bridgehead atoms. The van der Waals surface area contributed by atoms with Crippen LogP contribution in [0.1, 0.15) is 51.2 Å². The van der Waals surface area contributed by atoms with E-state index in [9.17, 15) is 18.0 Å². The molecule has 0 radical (unpaired) electrons. The van der Waals surface area contributed by atoms with Crippen molar-refractivity contribution >= 4 is 22.8 Å². The van der Waals surface area contributed by atoms with Crippen LogP contribution in [0.15, 0.2) is 64.4 Å². The molecule has 0 amide bonds. The molecule has 0 spiro atoms. The molecule has 220 valence electrons.